The molecule has 5 nitrogen and oxygen atoms in total. The first-order valence-electron chi connectivity index (χ1n) is 21.8. The van der Waals surface area contributed by atoms with Crippen molar-refractivity contribution in [1.29, 1.82) is 0 Å². The van der Waals surface area contributed by atoms with Crippen LogP contribution in [0.5, 0.6) is 11.5 Å². The number of imidazole rings is 2. The number of hydrogen-bond acceptors (Lipinski definition) is 3. The van der Waals surface area contributed by atoms with Crippen molar-refractivity contribution in [2.45, 2.75) is 60.3 Å². The van der Waals surface area contributed by atoms with E-state index in [4.69, 9.17) is 14.7 Å². The highest BCUT2D eigenvalue weighted by Crippen LogP contribution is 2.42. The standard InChI is InChI=1S/C57H48N4O/c1-33(2)45-28-42(38-16-9-8-10-17-38)29-46(34(3)4)55(45)61-51-23-14-13-22-49(51)58-56(61)41-20-15-21-43(27-41)62-44-24-37(7)54-47-25-35(5)36(6)26-52(47)60-53-31-40-19-12-11-18-39(40)30-50(53)59-57(60)48(54)32-44/h8-34H,1-7H3. The van der Waals surface area contributed by atoms with Crippen LogP contribution in [0.25, 0.3) is 88.4 Å². The van der Waals surface area contributed by atoms with Gasteiger partial charge in [0, 0.05) is 16.3 Å². The lowest BCUT2D eigenvalue weighted by molar-refractivity contribution is 0.483. The minimum atomic E-state index is 0.272. The van der Waals surface area contributed by atoms with E-state index in [1.165, 1.54) is 60.6 Å². The number of aromatic nitrogens is 4. The first kappa shape index (κ1) is 37.7. The summed E-state index contributed by atoms with van der Waals surface area (Å²) in [5.41, 5.74) is 17.1. The molecule has 3 heterocycles. The summed E-state index contributed by atoms with van der Waals surface area (Å²) < 4.78 is 11.7. The lowest BCUT2D eigenvalue weighted by Gasteiger charge is -2.24. The number of ether oxygens (including phenoxy) is 1. The summed E-state index contributed by atoms with van der Waals surface area (Å²) in [4.78, 5) is 10.7. The molecule has 0 fully saturated rings. The second kappa shape index (κ2) is 14.5. The maximum atomic E-state index is 6.90. The summed E-state index contributed by atoms with van der Waals surface area (Å²) in [6.45, 7) is 15.8. The van der Waals surface area contributed by atoms with E-state index < -0.39 is 0 Å². The SMILES string of the molecule is Cc1cc2c3c(C)cc(Oc4cccc(-c5nc6ccccc6n5-c5c(C(C)C)cc(-c6ccccc6)cc5C(C)C)c4)cc3c3nc4cc5ccccc5cc4n3c2cc1C. The van der Waals surface area contributed by atoms with Crippen molar-refractivity contribution in [1.82, 2.24) is 18.9 Å². The summed E-state index contributed by atoms with van der Waals surface area (Å²) in [5, 5.41) is 5.86. The Morgan fingerprint density at radius 2 is 1.15 bits per heavy atom. The Kier molecular flexibility index (Phi) is 8.80. The molecule has 3 aromatic heterocycles. The molecule has 11 rings (SSSR count). The van der Waals surface area contributed by atoms with Crippen LogP contribution in [-0.2, 0) is 0 Å². The number of hydrogen-bond donors (Lipinski definition) is 0. The van der Waals surface area contributed by atoms with Crippen molar-refractivity contribution in [2.75, 3.05) is 0 Å². The number of nitrogens with zero attached hydrogens (tertiary/aromatic N) is 4. The molecule has 0 aliphatic rings. The van der Waals surface area contributed by atoms with Crippen molar-refractivity contribution in [3.63, 3.8) is 0 Å². The van der Waals surface area contributed by atoms with Crippen LogP contribution in [0.2, 0.25) is 0 Å². The van der Waals surface area contributed by atoms with Gasteiger partial charge in [-0.3, -0.25) is 8.97 Å². The molecule has 8 aromatic carbocycles. The highest BCUT2D eigenvalue weighted by atomic mass is 16.5. The molecule has 0 amide bonds. The maximum Gasteiger partial charge on any atom is 0.146 e. The van der Waals surface area contributed by atoms with Crippen molar-refractivity contribution in [2.24, 2.45) is 0 Å². The number of fused-ring (bicyclic) bond motifs is 10. The van der Waals surface area contributed by atoms with Gasteiger partial charge in [-0.05, 0) is 161 Å². The molecule has 0 atom stereocenters. The van der Waals surface area contributed by atoms with Crippen LogP contribution >= 0.6 is 0 Å². The van der Waals surface area contributed by atoms with E-state index in [1.54, 1.807) is 0 Å². The molecule has 0 saturated carbocycles. The Morgan fingerprint density at radius 1 is 0.468 bits per heavy atom. The Bertz CT molecular complexity index is 3560. The highest BCUT2D eigenvalue weighted by molar-refractivity contribution is 6.16. The number of pyridine rings is 1. The van der Waals surface area contributed by atoms with Gasteiger partial charge < -0.3 is 4.74 Å². The average molecular weight is 805 g/mol. The van der Waals surface area contributed by atoms with Crippen LogP contribution < -0.4 is 4.74 Å². The summed E-state index contributed by atoms with van der Waals surface area (Å²) >= 11 is 0. The van der Waals surface area contributed by atoms with E-state index in [1.807, 2.05) is 6.07 Å². The van der Waals surface area contributed by atoms with E-state index in [0.29, 0.717) is 0 Å². The Balaban J connectivity index is 1.08. The van der Waals surface area contributed by atoms with Gasteiger partial charge in [-0.1, -0.05) is 107 Å². The zero-order valence-electron chi connectivity index (χ0n) is 36.3. The highest BCUT2D eigenvalue weighted by Gasteiger charge is 2.24. The van der Waals surface area contributed by atoms with Crippen molar-refractivity contribution in [3.05, 3.63) is 179 Å². The fourth-order valence-electron chi connectivity index (χ4n) is 9.62. The van der Waals surface area contributed by atoms with Crippen LogP contribution in [0.15, 0.2) is 152 Å². The summed E-state index contributed by atoms with van der Waals surface area (Å²) in [6.07, 6.45) is 0. The Labute approximate surface area is 361 Å². The second-order valence-electron chi connectivity index (χ2n) is 17.6. The predicted molar refractivity (Wildman–Crippen MR) is 260 cm³/mol. The quantitative estimate of drug-likeness (QED) is 0.151. The largest absolute Gasteiger partial charge is 0.457 e. The Hall–Kier alpha value is -7.24. The maximum absolute atomic E-state index is 6.90. The molecule has 0 saturated heterocycles. The number of rotatable bonds is 7. The van der Waals surface area contributed by atoms with Gasteiger partial charge in [-0.2, -0.15) is 0 Å². The molecule has 0 radical (unpaired) electrons. The van der Waals surface area contributed by atoms with Crippen LogP contribution in [0.4, 0.5) is 0 Å². The van der Waals surface area contributed by atoms with Crippen LogP contribution in [0.3, 0.4) is 0 Å². The van der Waals surface area contributed by atoms with Gasteiger partial charge in [-0.15, -0.1) is 0 Å². The predicted octanol–water partition coefficient (Wildman–Crippen LogP) is 15.6. The first-order valence-corrected chi connectivity index (χ1v) is 21.8. The molecule has 0 unspecified atom stereocenters. The van der Waals surface area contributed by atoms with Crippen LogP contribution in [0, 0.1) is 20.8 Å². The summed E-state index contributed by atoms with van der Waals surface area (Å²) in [6, 6.07) is 54.4. The van der Waals surface area contributed by atoms with Crippen molar-refractivity contribution in [3.8, 4) is 39.7 Å². The molecule has 5 heteroatoms. The molecule has 0 aliphatic carbocycles. The second-order valence-corrected chi connectivity index (χ2v) is 17.6. The summed E-state index contributed by atoms with van der Waals surface area (Å²) in [7, 11) is 0. The fraction of sp³-hybridized carbons (Fsp3) is 0.158. The zero-order valence-corrected chi connectivity index (χ0v) is 36.3. The topological polar surface area (TPSA) is 44.3 Å². The fourth-order valence-corrected chi connectivity index (χ4v) is 9.62. The third-order valence-electron chi connectivity index (χ3n) is 12.8. The molecule has 0 N–H and O–H groups in total. The molecule has 11 aromatic rings. The van der Waals surface area contributed by atoms with E-state index >= 15 is 0 Å². The van der Waals surface area contributed by atoms with E-state index in [9.17, 15) is 0 Å². The van der Waals surface area contributed by atoms with E-state index in [2.05, 4.69) is 203 Å². The molecule has 0 spiro atoms. The van der Waals surface area contributed by atoms with E-state index in [0.717, 1.165) is 67.1 Å². The molecule has 0 bridgehead atoms. The smallest absolute Gasteiger partial charge is 0.146 e. The third kappa shape index (κ3) is 6.06. The normalized spacial score (nSPS) is 12.1. The van der Waals surface area contributed by atoms with Crippen molar-refractivity contribution >= 4 is 60.2 Å². The first-order chi connectivity index (χ1) is 30.1. The number of aryl methyl sites for hydroxylation is 3. The number of benzene rings is 8. The number of para-hydroxylation sites is 2. The van der Waals surface area contributed by atoms with Crippen LogP contribution in [0.1, 0.15) is 67.3 Å². The van der Waals surface area contributed by atoms with Crippen molar-refractivity contribution < 1.29 is 4.74 Å². The van der Waals surface area contributed by atoms with Gasteiger partial charge in [0.15, 0.2) is 0 Å². The molecule has 302 valence electrons. The average Bonchev–Trinajstić information content (AvgIpc) is 3.85. The monoisotopic (exact) mass is 804 g/mol. The molecular formula is C57H48N4O. The van der Waals surface area contributed by atoms with Gasteiger partial charge in [0.05, 0.1) is 33.3 Å². The third-order valence-corrected chi connectivity index (χ3v) is 12.8. The van der Waals surface area contributed by atoms with Gasteiger partial charge in [-0.25, -0.2) is 9.97 Å². The zero-order chi connectivity index (χ0) is 42.4. The minimum absolute atomic E-state index is 0.272. The van der Waals surface area contributed by atoms with Gasteiger partial charge in [0.2, 0.25) is 0 Å². The van der Waals surface area contributed by atoms with Crippen LogP contribution in [-0.4, -0.2) is 18.9 Å². The lowest BCUT2D eigenvalue weighted by atomic mass is 9.88. The van der Waals surface area contributed by atoms with Gasteiger partial charge in [0.25, 0.3) is 0 Å². The molecule has 62 heavy (non-hydrogen) atoms. The van der Waals surface area contributed by atoms with Gasteiger partial charge in [0.1, 0.15) is 23.0 Å². The minimum Gasteiger partial charge on any atom is -0.457 e. The summed E-state index contributed by atoms with van der Waals surface area (Å²) in [5.74, 6) is 2.94. The molecule has 0 aliphatic heterocycles. The molecular weight excluding hydrogens is 757 g/mol. The lowest BCUT2D eigenvalue weighted by Crippen LogP contribution is -2.09. The van der Waals surface area contributed by atoms with Gasteiger partial charge >= 0.3 is 0 Å². The van der Waals surface area contributed by atoms with E-state index in [-0.39, 0.29) is 11.8 Å². The Morgan fingerprint density at radius 3 is 1.90 bits per heavy atom.